The molecule has 180 valence electrons. The third kappa shape index (κ3) is 3.71. The number of carbonyl (C=O) groups is 1. The number of imidazole rings is 1. The smallest absolute Gasteiger partial charge is 0.329 e. The summed E-state index contributed by atoms with van der Waals surface area (Å²) in [6.07, 6.45) is 4.91. The summed E-state index contributed by atoms with van der Waals surface area (Å²) in [6, 6.07) is 23.4. The van der Waals surface area contributed by atoms with Crippen molar-refractivity contribution < 1.29 is 4.79 Å². The molecule has 8 nitrogen and oxygen atoms in total. The van der Waals surface area contributed by atoms with Crippen LogP contribution < -0.4 is 5.69 Å². The standard InChI is InChI=1S/C28H26N6O2/c1-31-24-9-5-6-10-25(24)33(28(31)36)21-13-17-32(18-14-21)27(35)23-19-26(20-11-15-29-16-12-20)34(30-23)22-7-3-2-4-8-22/h2-12,15-16,19,21H,13-14,17-18H2,1H3. The third-order valence-corrected chi connectivity index (χ3v) is 7.02. The van der Waals surface area contributed by atoms with Crippen LogP contribution in [-0.2, 0) is 7.05 Å². The van der Waals surface area contributed by atoms with Crippen LogP contribution in [0.4, 0.5) is 0 Å². The first kappa shape index (κ1) is 22.0. The monoisotopic (exact) mass is 478 g/mol. The molecular formula is C28H26N6O2. The molecular weight excluding hydrogens is 452 g/mol. The SMILES string of the molecule is Cn1c(=O)n(C2CCN(C(=O)c3cc(-c4ccncc4)n(-c4ccccc4)n3)CC2)c2ccccc21. The lowest BCUT2D eigenvalue weighted by atomic mass is 10.0. The first-order valence-electron chi connectivity index (χ1n) is 12.1. The van der Waals surface area contributed by atoms with E-state index in [0.717, 1.165) is 40.8 Å². The predicted octanol–water partition coefficient (Wildman–Crippen LogP) is 4.07. The minimum atomic E-state index is -0.0938. The summed E-state index contributed by atoms with van der Waals surface area (Å²) in [5, 5.41) is 4.71. The molecule has 8 heteroatoms. The highest BCUT2D eigenvalue weighted by molar-refractivity contribution is 5.93. The van der Waals surface area contributed by atoms with E-state index in [9.17, 15) is 9.59 Å². The average Bonchev–Trinajstić information content (AvgIpc) is 3.49. The van der Waals surface area contributed by atoms with Crippen molar-refractivity contribution in [1.82, 2.24) is 28.8 Å². The second-order valence-electron chi connectivity index (χ2n) is 9.12. The molecule has 2 aromatic carbocycles. The zero-order chi connectivity index (χ0) is 24.6. The second-order valence-corrected chi connectivity index (χ2v) is 9.12. The number of pyridine rings is 1. The number of likely N-dealkylation sites (tertiary alicyclic amines) is 1. The minimum absolute atomic E-state index is 0.00965. The number of fused-ring (bicyclic) bond motifs is 1. The zero-order valence-electron chi connectivity index (χ0n) is 20.0. The van der Waals surface area contributed by atoms with E-state index in [0.29, 0.717) is 18.8 Å². The van der Waals surface area contributed by atoms with Crippen molar-refractivity contribution in [2.24, 2.45) is 7.05 Å². The summed E-state index contributed by atoms with van der Waals surface area (Å²) < 4.78 is 5.40. The molecule has 4 heterocycles. The number of hydrogen-bond acceptors (Lipinski definition) is 4. The highest BCUT2D eigenvalue weighted by atomic mass is 16.2. The zero-order valence-corrected chi connectivity index (χ0v) is 20.0. The number of rotatable bonds is 4. The molecule has 1 aliphatic heterocycles. The van der Waals surface area contributed by atoms with Gasteiger partial charge >= 0.3 is 5.69 Å². The normalized spacial score (nSPS) is 14.4. The molecule has 0 aliphatic carbocycles. The highest BCUT2D eigenvalue weighted by Crippen LogP contribution is 2.28. The first-order chi connectivity index (χ1) is 17.6. The fraction of sp³-hybridized carbons (Fsp3) is 0.214. The van der Waals surface area contributed by atoms with Gasteiger partial charge in [-0.25, -0.2) is 9.48 Å². The molecule has 0 N–H and O–H groups in total. The van der Waals surface area contributed by atoms with Gasteiger partial charge in [0.05, 0.1) is 22.4 Å². The molecule has 1 fully saturated rings. The number of para-hydroxylation sites is 3. The topological polar surface area (TPSA) is 78.0 Å². The summed E-state index contributed by atoms with van der Waals surface area (Å²) in [4.78, 5) is 32.4. The maximum Gasteiger partial charge on any atom is 0.329 e. The Hall–Kier alpha value is -4.46. The van der Waals surface area contributed by atoms with Crippen LogP contribution >= 0.6 is 0 Å². The highest BCUT2D eigenvalue weighted by Gasteiger charge is 2.29. The predicted molar refractivity (Wildman–Crippen MR) is 138 cm³/mol. The van der Waals surface area contributed by atoms with Crippen molar-refractivity contribution in [2.45, 2.75) is 18.9 Å². The van der Waals surface area contributed by atoms with Crippen molar-refractivity contribution in [3.05, 3.63) is 101 Å². The van der Waals surface area contributed by atoms with Gasteiger partial charge in [0, 0.05) is 44.1 Å². The maximum atomic E-state index is 13.5. The maximum absolute atomic E-state index is 13.5. The summed E-state index contributed by atoms with van der Waals surface area (Å²) in [7, 11) is 1.81. The lowest BCUT2D eigenvalue weighted by Gasteiger charge is -2.32. The summed E-state index contributed by atoms with van der Waals surface area (Å²) in [5.41, 5.74) is 4.93. The number of piperidine rings is 1. The molecule has 0 radical (unpaired) electrons. The van der Waals surface area contributed by atoms with Crippen LogP contribution in [0.1, 0.15) is 29.4 Å². The summed E-state index contributed by atoms with van der Waals surface area (Å²) in [5.74, 6) is -0.0938. The molecule has 0 spiro atoms. The van der Waals surface area contributed by atoms with Gasteiger partial charge in [-0.3, -0.25) is 18.9 Å². The molecule has 0 atom stereocenters. The number of amides is 1. The van der Waals surface area contributed by atoms with Crippen molar-refractivity contribution in [2.75, 3.05) is 13.1 Å². The Morgan fingerprint density at radius 3 is 2.28 bits per heavy atom. The largest absolute Gasteiger partial charge is 0.337 e. The van der Waals surface area contributed by atoms with Gasteiger partial charge in [-0.05, 0) is 55.3 Å². The van der Waals surface area contributed by atoms with Crippen LogP contribution in [-0.4, -0.2) is 47.8 Å². The first-order valence-corrected chi connectivity index (χ1v) is 12.1. The van der Waals surface area contributed by atoms with E-state index in [-0.39, 0.29) is 17.6 Å². The molecule has 5 aromatic rings. The Morgan fingerprint density at radius 2 is 1.56 bits per heavy atom. The van der Waals surface area contributed by atoms with E-state index in [4.69, 9.17) is 5.10 Å². The fourth-order valence-corrected chi connectivity index (χ4v) is 5.14. The van der Waals surface area contributed by atoms with Gasteiger partial charge < -0.3 is 4.90 Å². The summed E-state index contributed by atoms with van der Waals surface area (Å²) >= 11 is 0. The Labute approximate surface area is 208 Å². The fourth-order valence-electron chi connectivity index (χ4n) is 5.14. The number of aromatic nitrogens is 5. The summed E-state index contributed by atoms with van der Waals surface area (Å²) in [6.45, 7) is 1.14. The quantitative estimate of drug-likeness (QED) is 0.390. The Balaban J connectivity index is 1.27. The van der Waals surface area contributed by atoms with Gasteiger partial charge in [0.2, 0.25) is 0 Å². The third-order valence-electron chi connectivity index (χ3n) is 7.02. The van der Waals surface area contributed by atoms with E-state index >= 15 is 0 Å². The van der Waals surface area contributed by atoms with Gasteiger partial charge in [0.25, 0.3) is 5.91 Å². The van der Waals surface area contributed by atoms with E-state index in [1.807, 2.05) is 94.0 Å². The van der Waals surface area contributed by atoms with Crippen LogP contribution in [0.15, 0.2) is 90.0 Å². The number of hydrogen-bond donors (Lipinski definition) is 0. The number of carbonyl (C=O) groups excluding carboxylic acids is 1. The molecule has 1 amide bonds. The number of benzene rings is 2. The van der Waals surface area contributed by atoms with Crippen molar-refractivity contribution >= 4 is 16.9 Å². The van der Waals surface area contributed by atoms with Gasteiger partial charge in [-0.1, -0.05) is 30.3 Å². The lowest BCUT2D eigenvalue weighted by Crippen LogP contribution is -2.41. The molecule has 36 heavy (non-hydrogen) atoms. The Morgan fingerprint density at radius 1 is 0.889 bits per heavy atom. The van der Waals surface area contributed by atoms with Crippen LogP contribution in [0, 0.1) is 0 Å². The molecule has 6 rings (SSSR count). The van der Waals surface area contributed by atoms with E-state index in [2.05, 4.69) is 4.98 Å². The lowest BCUT2D eigenvalue weighted by molar-refractivity contribution is 0.0688. The minimum Gasteiger partial charge on any atom is -0.337 e. The molecule has 1 saturated heterocycles. The number of aryl methyl sites for hydroxylation is 1. The van der Waals surface area contributed by atoms with Crippen molar-refractivity contribution in [3.8, 4) is 16.9 Å². The van der Waals surface area contributed by atoms with Crippen LogP contribution in [0.3, 0.4) is 0 Å². The van der Waals surface area contributed by atoms with E-state index in [1.54, 1.807) is 17.0 Å². The van der Waals surface area contributed by atoms with Gasteiger partial charge in [-0.2, -0.15) is 5.10 Å². The van der Waals surface area contributed by atoms with E-state index < -0.39 is 0 Å². The van der Waals surface area contributed by atoms with Gasteiger partial charge in [0.15, 0.2) is 5.69 Å². The average molecular weight is 479 g/mol. The Bertz CT molecular complexity index is 1530. The molecule has 0 bridgehead atoms. The number of nitrogens with zero attached hydrogens (tertiary/aromatic N) is 6. The van der Waals surface area contributed by atoms with Crippen molar-refractivity contribution in [3.63, 3.8) is 0 Å². The van der Waals surface area contributed by atoms with Crippen LogP contribution in [0.25, 0.3) is 28.0 Å². The Kier molecular flexibility index (Phi) is 5.48. The molecule has 0 unspecified atom stereocenters. The molecule has 3 aromatic heterocycles. The second kappa shape index (κ2) is 8.96. The van der Waals surface area contributed by atoms with Gasteiger partial charge in [0.1, 0.15) is 0 Å². The van der Waals surface area contributed by atoms with Crippen LogP contribution in [0.5, 0.6) is 0 Å². The van der Waals surface area contributed by atoms with E-state index in [1.165, 1.54) is 0 Å². The van der Waals surface area contributed by atoms with Crippen molar-refractivity contribution in [1.29, 1.82) is 0 Å². The molecule has 1 aliphatic rings. The molecule has 0 saturated carbocycles. The van der Waals surface area contributed by atoms with Gasteiger partial charge in [-0.15, -0.1) is 0 Å². The van der Waals surface area contributed by atoms with Crippen LogP contribution in [0.2, 0.25) is 0 Å².